The zero-order valence-corrected chi connectivity index (χ0v) is 15.6. The predicted octanol–water partition coefficient (Wildman–Crippen LogP) is 2.82. The molecule has 0 bridgehead atoms. The maximum atomic E-state index is 12.4. The Hall–Kier alpha value is -3.13. The van der Waals surface area contributed by atoms with Crippen molar-refractivity contribution in [2.75, 3.05) is 13.2 Å². The number of ether oxygens (including phenoxy) is 2. The van der Waals surface area contributed by atoms with Gasteiger partial charge in [0.25, 0.3) is 5.91 Å². The number of carboxylic acid groups (broad SMARTS) is 1. The molecule has 0 spiro atoms. The molecule has 1 aromatic carbocycles. The Balaban J connectivity index is 1.43. The van der Waals surface area contributed by atoms with E-state index in [0.29, 0.717) is 36.4 Å². The number of allylic oxidation sites excluding steroid dienone is 1. The standard InChI is InChI=1S/C20H17NO6S/c22-18(21-7-1-4-15(21)20(24)25)11-26-12-5-6-14-16(9-12)27-17(19(14)23)10-13-3-2-8-28-13/h2-3,5-6,8-10,15H,1,4,7,11H2,(H,24,25). The zero-order valence-electron chi connectivity index (χ0n) is 14.8. The second-order valence-electron chi connectivity index (χ2n) is 6.49. The zero-order chi connectivity index (χ0) is 19.7. The summed E-state index contributed by atoms with van der Waals surface area (Å²) in [5.74, 6) is -0.578. The molecule has 0 aliphatic carbocycles. The van der Waals surface area contributed by atoms with Gasteiger partial charge in [-0.15, -0.1) is 11.3 Å². The van der Waals surface area contributed by atoms with Crippen LogP contribution >= 0.6 is 11.3 Å². The number of carbonyl (C=O) groups is 3. The molecule has 144 valence electrons. The largest absolute Gasteiger partial charge is 0.484 e. The number of aliphatic carboxylic acids is 1. The van der Waals surface area contributed by atoms with E-state index in [4.69, 9.17) is 9.47 Å². The summed E-state index contributed by atoms with van der Waals surface area (Å²) in [6.07, 6.45) is 2.81. The molecule has 3 heterocycles. The van der Waals surface area contributed by atoms with Gasteiger partial charge in [0.15, 0.2) is 12.4 Å². The van der Waals surface area contributed by atoms with Gasteiger partial charge < -0.3 is 19.5 Å². The fraction of sp³-hybridized carbons (Fsp3) is 0.250. The minimum Gasteiger partial charge on any atom is -0.484 e. The van der Waals surface area contributed by atoms with Gasteiger partial charge in [-0.2, -0.15) is 0 Å². The van der Waals surface area contributed by atoms with Crippen LogP contribution in [0.15, 0.2) is 41.5 Å². The lowest BCUT2D eigenvalue weighted by Crippen LogP contribution is -2.42. The van der Waals surface area contributed by atoms with E-state index >= 15 is 0 Å². The van der Waals surface area contributed by atoms with E-state index in [0.717, 1.165) is 4.88 Å². The monoisotopic (exact) mass is 399 g/mol. The Morgan fingerprint density at radius 2 is 2.21 bits per heavy atom. The molecular formula is C20H17NO6S. The molecule has 2 aliphatic heterocycles. The minimum absolute atomic E-state index is 0.201. The van der Waals surface area contributed by atoms with Gasteiger partial charge in [0.2, 0.25) is 5.78 Å². The van der Waals surface area contributed by atoms with Crippen LogP contribution in [-0.2, 0) is 9.59 Å². The molecule has 2 aliphatic rings. The molecule has 1 amide bonds. The van der Waals surface area contributed by atoms with E-state index in [2.05, 4.69) is 0 Å². The fourth-order valence-corrected chi connectivity index (χ4v) is 3.96. The first-order valence-electron chi connectivity index (χ1n) is 8.80. The number of ketones is 1. The van der Waals surface area contributed by atoms with Crippen LogP contribution in [0.2, 0.25) is 0 Å². The van der Waals surface area contributed by atoms with E-state index in [1.165, 1.54) is 16.2 Å². The summed E-state index contributed by atoms with van der Waals surface area (Å²) in [5, 5.41) is 11.1. The number of carboxylic acids is 1. The summed E-state index contributed by atoms with van der Waals surface area (Å²) < 4.78 is 11.2. The molecule has 1 fully saturated rings. The summed E-state index contributed by atoms with van der Waals surface area (Å²) in [4.78, 5) is 38.2. The summed E-state index contributed by atoms with van der Waals surface area (Å²) in [6.45, 7) is 0.145. The average Bonchev–Trinajstić information content (AvgIpc) is 3.41. The molecule has 1 saturated heterocycles. The smallest absolute Gasteiger partial charge is 0.326 e. The number of hydrogen-bond acceptors (Lipinski definition) is 6. The Bertz CT molecular complexity index is 965. The van der Waals surface area contributed by atoms with Gasteiger partial charge in [-0.05, 0) is 36.4 Å². The lowest BCUT2D eigenvalue weighted by molar-refractivity contribution is -0.148. The van der Waals surface area contributed by atoms with Crippen molar-refractivity contribution < 1.29 is 29.0 Å². The van der Waals surface area contributed by atoms with Crippen LogP contribution in [0.25, 0.3) is 6.08 Å². The number of amides is 1. The molecule has 1 unspecified atom stereocenters. The Labute approximate surface area is 164 Å². The predicted molar refractivity (Wildman–Crippen MR) is 102 cm³/mol. The molecule has 4 rings (SSSR count). The van der Waals surface area contributed by atoms with Crippen LogP contribution in [0.1, 0.15) is 28.1 Å². The normalized spacial score (nSPS) is 19.6. The van der Waals surface area contributed by atoms with E-state index in [-0.39, 0.29) is 24.1 Å². The number of carbonyl (C=O) groups excluding carboxylic acids is 2. The van der Waals surface area contributed by atoms with Crippen molar-refractivity contribution in [3.8, 4) is 11.5 Å². The molecule has 0 radical (unpaired) electrons. The molecular weight excluding hydrogens is 382 g/mol. The van der Waals surface area contributed by atoms with Gasteiger partial charge in [-0.25, -0.2) is 4.79 Å². The second kappa shape index (κ2) is 7.47. The molecule has 1 aromatic heterocycles. The number of nitrogens with zero attached hydrogens (tertiary/aromatic N) is 1. The Morgan fingerprint density at radius 3 is 2.96 bits per heavy atom. The lowest BCUT2D eigenvalue weighted by Gasteiger charge is -2.21. The molecule has 7 nitrogen and oxygen atoms in total. The first kappa shape index (κ1) is 18.2. The summed E-state index contributed by atoms with van der Waals surface area (Å²) in [5.41, 5.74) is 0.437. The molecule has 2 aromatic rings. The van der Waals surface area contributed by atoms with Crippen molar-refractivity contribution in [3.05, 3.63) is 51.9 Å². The van der Waals surface area contributed by atoms with Crippen molar-refractivity contribution in [1.82, 2.24) is 4.90 Å². The maximum absolute atomic E-state index is 12.4. The van der Waals surface area contributed by atoms with Gasteiger partial charge in [0.05, 0.1) is 5.56 Å². The highest BCUT2D eigenvalue weighted by Crippen LogP contribution is 2.35. The summed E-state index contributed by atoms with van der Waals surface area (Å²) >= 11 is 1.50. The van der Waals surface area contributed by atoms with Gasteiger partial charge in [0, 0.05) is 23.6 Å². The highest BCUT2D eigenvalue weighted by Gasteiger charge is 2.34. The third-order valence-electron chi connectivity index (χ3n) is 4.68. The number of thiophene rings is 1. The van der Waals surface area contributed by atoms with Gasteiger partial charge >= 0.3 is 5.97 Å². The number of Topliss-reactive ketones (excluding diaryl/α,β-unsaturated/α-hetero) is 1. The van der Waals surface area contributed by atoms with Crippen LogP contribution in [0, 0.1) is 0 Å². The minimum atomic E-state index is -1.000. The number of hydrogen-bond donors (Lipinski definition) is 1. The number of rotatable bonds is 5. The highest BCUT2D eigenvalue weighted by atomic mass is 32.1. The first-order valence-corrected chi connectivity index (χ1v) is 9.68. The molecule has 1 atom stereocenters. The van der Waals surface area contributed by atoms with Crippen LogP contribution in [0.5, 0.6) is 11.5 Å². The number of fused-ring (bicyclic) bond motifs is 1. The molecule has 0 saturated carbocycles. The highest BCUT2D eigenvalue weighted by molar-refractivity contribution is 7.10. The first-order chi connectivity index (χ1) is 13.5. The Kier molecular flexibility index (Phi) is 4.87. The average molecular weight is 399 g/mol. The van der Waals surface area contributed by atoms with Crippen molar-refractivity contribution >= 4 is 35.1 Å². The SMILES string of the molecule is O=C1C(=Cc2cccs2)Oc2cc(OCC(=O)N3CCCC3C(=O)O)ccc21. The van der Waals surface area contributed by atoms with Gasteiger partial charge in [-0.1, -0.05) is 6.07 Å². The molecule has 1 N–H and O–H groups in total. The van der Waals surface area contributed by atoms with Gasteiger partial charge in [0.1, 0.15) is 17.5 Å². The van der Waals surface area contributed by atoms with Crippen LogP contribution < -0.4 is 9.47 Å². The quantitative estimate of drug-likeness (QED) is 0.777. The van der Waals surface area contributed by atoms with Crippen LogP contribution in [0.3, 0.4) is 0 Å². The van der Waals surface area contributed by atoms with Crippen molar-refractivity contribution in [3.63, 3.8) is 0 Å². The maximum Gasteiger partial charge on any atom is 0.326 e. The Morgan fingerprint density at radius 1 is 1.36 bits per heavy atom. The fourth-order valence-electron chi connectivity index (χ4n) is 3.31. The second-order valence-corrected chi connectivity index (χ2v) is 7.46. The van der Waals surface area contributed by atoms with Crippen LogP contribution in [-0.4, -0.2) is 46.9 Å². The third-order valence-corrected chi connectivity index (χ3v) is 5.50. The van der Waals surface area contributed by atoms with Crippen molar-refractivity contribution in [1.29, 1.82) is 0 Å². The molecule has 8 heteroatoms. The number of benzene rings is 1. The van der Waals surface area contributed by atoms with Crippen molar-refractivity contribution in [2.24, 2.45) is 0 Å². The van der Waals surface area contributed by atoms with Gasteiger partial charge in [-0.3, -0.25) is 9.59 Å². The summed E-state index contributed by atoms with van der Waals surface area (Å²) in [7, 11) is 0. The van der Waals surface area contributed by atoms with E-state index in [9.17, 15) is 19.5 Å². The van der Waals surface area contributed by atoms with Crippen LogP contribution in [0.4, 0.5) is 0 Å². The van der Waals surface area contributed by atoms with E-state index in [1.807, 2.05) is 17.5 Å². The summed E-state index contributed by atoms with van der Waals surface area (Å²) in [6, 6.07) is 7.75. The molecule has 28 heavy (non-hydrogen) atoms. The third kappa shape index (κ3) is 3.50. The van der Waals surface area contributed by atoms with E-state index in [1.54, 1.807) is 24.3 Å². The number of likely N-dealkylation sites (tertiary alicyclic amines) is 1. The topological polar surface area (TPSA) is 93.1 Å². The lowest BCUT2D eigenvalue weighted by atomic mass is 10.1. The van der Waals surface area contributed by atoms with Crippen molar-refractivity contribution in [2.45, 2.75) is 18.9 Å². The van der Waals surface area contributed by atoms with E-state index < -0.39 is 12.0 Å².